The van der Waals surface area contributed by atoms with E-state index in [4.69, 9.17) is 5.73 Å². The first-order chi connectivity index (χ1) is 9.06. The molecule has 0 spiro atoms. The van der Waals surface area contributed by atoms with Gasteiger partial charge in [0, 0.05) is 12.1 Å². The van der Waals surface area contributed by atoms with Crippen molar-refractivity contribution in [3.63, 3.8) is 0 Å². The van der Waals surface area contributed by atoms with Gasteiger partial charge in [0.2, 0.25) is 0 Å². The molecule has 0 aliphatic carbocycles. The van der Waals surface area contributed by atoms with Gasteiger partial charge in [-0.2, -0.15) is 0 Å². The van der Waals surface area contributed by atoms with Crippen LogP contribution in [0.25, 0.3) is 0 Å². The zero-order valence-corrected chi connectivity index (χ0v) is 10.6. The van der Waals surface area contributed by atoms with E-state index >= 15 is 0 Å². The Kier molecular flexibility index (Phi) is 3.80. The lowest BCUT2D eigenvalue weighted by Gasteiger charge is -2.07. The summed E-state index contributed by atoms with van der Waals surface area (Å²) in [5, 5.41) is 2.74. The largest absolute Gasteiger partial charge is 0.396 e. The first kappa shape index (κ1) is 13.1. The third kappa shape index (κ3) is 3.31. The first-order valence-electron chi connectivity index (χ1n) is 5.95. The Hall–Kier alpha value is -2.36. The van der Waals surface area contributed by atoms with Gasteiger partial charge in [-0.05, 0) is 30.7 Å². The van der Waals surface area contributed by atoms with E-state index < -0.39 is 5.82 Å². The summed E-state index contributed by atoms with van der Waals surface area (Å²) in [6.45, 7) is 2.40. The van der Waals surface area contributed by atoms with Crippen LogP contribution in [0, 0.1) is 12.7 Å². The number of aryl methyl sites for hydroxylation is 1. The number of nitrogen functional groups attached to an aromatic ring is 1. The highest BCUT2D eigenvalue weighted by Crippen LogP contribution is 2.12. The summed E-state index contributed by atoms with van der Waals surface area (Å²) in [4.78, 5) is 11.8. The lowest BCUT2D eigenvalue weighted by atomic mass is 10.1. The number of anilines is 1. The molecule has 0 saturated carbocycles. The second kappa shape index (κ2) is 5.52. The molecule has 0 aliphatic rings. The van der Waals surface area contributed by atoms with Crippen LogP contribution in [0.5, 0.6) is 0 Å². The third-order valence-electron chi connectivity index (χ3n) is 2.80. The molecule has 4 heteroatoms. The van der Waals surface area contributed by atoms with Crippen LogP contribution in [0.15, 0.2) is 42.5 Å². The molecule has 0 bridgehead atoms. The zero-order chi connectivity index (χ0) is 13.8. The molecule has 0 aromatic heterocycles. The molecule has 2 rings (SSSR count). The van der Waals surface area contributed by atoms with Crippen molar-refractivity contribution in [3.05, 3.63) is 65.0 Å². The summed E-state index contributed by atoms with van der Waals surface area (Å²) in [6, 6.07) is 11.9. The standard InChI is InChI=1S/C15H15FN2O/c1-10-3-2-4-11(7-10)9-18-15(19)12-5-6-14(17)13(16)8-12/h2-8H,9,17H2,1H3,(H,18,19). The van der Waals surface area contributed by atoms with E-state index in [1.54, 1.807) is 0 Å². The maximum atomic E-state index is 13.3. The molecule has 0 radical (unpaired) electrons. The van der Waals surface area contributed by atoms with Gasteiger partial charge in [-0.25, -0.2) is 4.39 Å². The molecule has 0 saturated heterocycles. The maximum Gasteiger partial charge on any atom is 0.251 e. The predicted octanol–water partition coefficient (Wildman–Crippen LogP) is 2.65. The van der Waals surface area contributed by atoms with Crippen LogP contribution in [0.3, 0.4) is 0 Å². The fraction of sp³-hybridized carbons (Fsp3) is 0.133. The molecule has 1 amide bonds. The van der Waals surface area contributed by atoms with Crippen molar-refractivity contribution in [2.75, 3.05) is 5.73 Å². The van der Waals surface area contributed by atoms with Crippen LogP contribution in [0.1, 0.15) is 21.5 Å². The Balaban J connectivity index is 2.03. The molecule has 98 valence electrons. The van der Waals surface area contributed by atoms with Crippen molar-refractivity contribution in [3.8, 4) is 0 Å². The van der Waals surface area contributed by atoms with Gasteiger partial charge in [-0.3, -0.25) is 4.79 Å². The predicted molar refractivity (Wildman–Crippen MR) is 73.2 cm³/mol. The smallest absolute Gasteiger partial charge is 0.251 e. The van der Waals surface area contributed by atoms with Crippen molar-refractivity contribution >= 4 is 11.6 Å². The number of hydrogen-bond acceptors (Lipinski definition) is 2. The molecule has 0 atom stereocenters. The molecule has 3 N–H and O–H groups in total. The van der Waals surface area contributed by atoms with Crippen molar-refractivity contribution in [1.29, 1.82) is 0 Å². The quantitative estimate of drug-likeness (QED) is 0.831. The van der Waals surface area contributed by atoms with Gasteiger partial charge in [0.15, 0.2) is 0 Å². The minimum atomic E-state index is -0.580. The van der Waals surface area contributed by atoms with Gasteiger partial charge in [-0.1, -0.05) is 29.8 Å². The average Bonchev–Trinajstić information content (AvgIpc) is 2.39. The lowest BCUT2D eigenvalue weighted by Crippen LogP contribution is -2.23. The summed E-state index contributed by atoms with van der Waals surface area (Å²) in [6.07, 6.45) is 0. The number of nitrogens with one attached hydrogen (secondary N) is 1. The summed E-state index contributed by atoms with van der Waals surface area (Å²) >= 11 is 0. The summed E-state index contributed by atoms with van der Waals surface area (Å²) in [5.74, 6) is -0.899. The topological polar surface area (TPSA) is 55.1 Å². The van der Waals surface area contributed by atoms with Crippen molar-refractivity contribution in [1.82, 2.24) is 5.32 Å². The number of halogens is 1. The van der Waals surface area contributed by atoms with Gasteiger partial charge in [0.1, 0.15) is 5.82 Å². The zero-order valence-electron chi connectivity index (χ0n) is 10.6. The van der Waals surface area contributed by atoms with E-state index in [1.165, 1.54) is 12.1 Å². The molecule has 2 aromatic rings. The Morgan fingerprint density at radius 3 is 2.74 bits per heavy atom. The van der Waals surface area contributed by atoms with Gasteiger partial charge >= 0.3 is 0 Å². The number of hydrogen-bond donors (Lipinski definition) is 2. The molecular weight excluding hydrogens is 243 g/mol. The van der Waals surface area contributed by atoms with E-state index in [0.717, 1.165) is 17.2 Å². The molecule has 2 aromatic carbocycles. The number of rotatable bonds is 3. The van der Waals surface area contributed by atoms with Crippen LogP contribution in [0.2, 0.25) is 0 Å². The van der Waals surface area contributed by atoms with Crippen molar-refractivity contribution < 1.29 is 9.18 Å². The van der Waals surface area contributed by atoms with E-state index in [2.05, 4.69) is 5.32 Å². The van der Waals surface area contributed by atoms with Crippen LogP contribution in [-0.4, -0.2) is 5.91 Å². The van der Waals surface area contributed by atoms with Crippen LogP contribution >= 0.6 is 0 Å². The summed E-state index contributed by atoms with van der Waals surface area (Å²) < 4.78 is 13.3. The van der Waals surface area contributed by atoms with Gasteiger partial charge in [-0.15, -0.1) is 0 Å². The Labute approximate surface area is 111 Å². The van der Waals surface area contributed by atoms with Gasteiger partial charge in [0.05, 0.1) is 5.69 Å². The van der Waals surface area contributed by atoms with Crippen molar-refractivity contribution in [2.45, 2.75) is 13.5 Å². The molecule has 19 heavy (non-hydrogen) atoms. The molecule has 0 aliphatic heterocycles. The second-order valence-electron chi connectivity index (χ2n) is 4.41. The normalized spacial score (nSPS) is 10.2. The van der Waals surface area contributed by atoms with E-state index in [-0.39, 0.29) is 17.2 Å². The number of benzene rings is 2. The number of carbonyl (C=O) groups excluding carboxylic acids is 1. The fourth-order valence-corrected chi connectivity index (χ4v) is 1.77. The number of nitrogens with two attached hydrogens (primary N) is 1. The monoisotopic (exact) mass is 258 g/mol. The van der Waals surface area contributed by atoms with E-state index in [0.29, 0.717) is 6.54 Å². The molecule has 0 unspecified atom stereocenters. The van der Waals surface area contributed by atoms with E-state index in [1.807, 2.05) is 31.2 Å². The fourth-order valence-electron chi connectivity index (χ4n) is 1.77. The minimum Gasteiger partial charge on any atom is -0.396 e. The minimum absolute atomic E-state index is 0.0373. The van der Waals surface area contributed by atoms with Gasteiger partial charge < -0.3 is 11.1 Å². The lowest BCUT2D eigenvalue weighted by molar-refractivity contribution is 0.0950. The Morgan fingerprint density at radius 1 is 1.26 bits per heavy atom. The highest BCUT2D eigenvalue weighted by molar-refractivity contribution is 5.94. The average molecular weight is 258 g/mol. The number of amides is 1. The summed E-state index contributed by atoms with van der Waals surface area (Å²) in [5.41, 5.74) is 7.80. The highest BCUT2D eigenvalue weighted by Gasteiger charge is 2.08. The van der Waals surface area contributed by atoms with Crippen LogP contribution in [0.4, 0.5) is 10.1 Å². The van der Waals surface area contributed by atoms with E-state index in [9.17, 15) is 9.18 Å². The molecule has 0 fully saturated rings. The molecule has 3 nitrogen and oxygen atoms in total. The third-order valence-corrected chi connectivity index (χ3v) is 2.80. The van der Waals surface area contributed by atoms with Gasteiger partial charge in [0.25, 0.3) is 5.91 Å². The first-order valence-corrected chi connectivity index (χ1v) is 5.95. The molecular formula is C15H15FN2O. The number of carbonyl (C=O) groups is 1. The Bertz CT molecular complexity index is 611. The Morgan fingerprint density at radius 2 is 2.05 bits per heavy atom. The SMILES string of the molecule is Cc1cccc(CNC(=O)c2ccc(N)c(F)c2)c1. The maximum absolute atomic E-state index is 13.3. The highest BCUT2D eigenvalue weighted by atomic mass is 19.1. The van der Waals surface area contributed by atoms with Crippen molar-refractivity contribution in [2.24, 2.45) is 0 Å². The molecule has 0 heterocycles. The second-order valence-corrected chi connectivity index (χ2v) is 4.41. The van der Waals surface area contributed by atoms with Crippen LogP contribution in [-0.2, 0) is 6.54 Å². The van der Waals surface area contributed by atoms with Crippen LogP contribution < -0.4 is 11.1 Å². The summed E-state index contributed by atoms with van der Waals surface area (Å²) in [7, 11) is 0.